The lowest BCUT2D eigenvalue weighted by atomic mass is 10.2. The Kier molecular flexibility index (Phi) is 7.01. The van der Waals surface area contributed by atoms with Crippen LogP contribution in [0.3, 0.4) is 0 Å². The van der Waals surface area contributed by atoms with Crippen LogP contribution < -0.4 is 16.3 Å². The van der Waals surface area contributed by atoms with Crippen LogP contribution in [0.1, 0.15) is 33.2 Å². The van der Waals surface area contributed by atoms with Crippen molar-refractivity contribution in [2.45, 2.75) is 20.0 Å². The number of hydrogen-bond donors (Lipinski definition) is 2. The Hall–Kier alpha value is -4.73. The Morgan fingerprint density at radius 3 is 2.37 bits per heavy atom. The normalized spacial score (nSPS) is 10.7. The molecule has 4 aromatic rings. The summed E-state index contributed by atoms with van der Waals surface area (Å²) in [4.78, 5) is 49.4. The summed E-state index contributed by atoms with van der Waals surface area (Å²) in [5, 5.41) is 9.63. The minimum absolute atomic E-state index is 0.269. The number of rotatable bonds is 8. The van der Waals surface area contributed by atoms with Crippen molar-refractivity contribution >= 4 is 29.1 Å². The molecule has 2 aromatic carbocycles. The number of benzene rings is 2. The predicted molar refractivity (Wildman–Crippen MR) is 128 cm³/mol. The number of carbonyl (C=O) groups is 3. The second-order valence-corrected chi connectivity index (χ2v) is 7.60. The van der Waals surface area contributed by atoms with E-state index in [-0.39, 0.29) is 19.1 Å². The number of carbonyl (C=O) groups excluding carboxylic acids is 3. The van der Waals surface area contributed by atoms with Gasteiger partial charge in [-0.2, -0.15) is 0 Å². The third kappa shape index (κ3) is 5.61. The number of fused-ring (bicyclic) bond motifs is 1. The first kappa shape index (κ1) is 23.4. The molecular weight excluding hydrogens is 450 g/mol. The Labute approximate surface area is 200 Å². The zero-order chi connectivity index (χ0) is 24.8. The highest BCUT2D eigenvalue weighted by Crippen LogP contribution is 2.11. The molecule has 10 nitrogen and oxygen atoms in total. The predicted octanol–water partition coefficient (Wildman–Crippen LogP) is 2.24. The van der Waals surface area contributed by atoms with Gasteiger partial charge in [0.25, 0.3) is 5.91 Å². The summed E-state index contributed by atoms with van der Waals surface area (Å²) in [5.41, 5.74) is 1.82. The number of aromatic nitrogens is 3. The molecule has 2 N–H and O–H groups in total. The van der Waals surface area contributed by atoms with Gasteiger partial charge in [0.1, 0.15) is 6.54 Å². The highest BCUT2D eigenvalue weighted by atomic mass is 16.5. The maximum absolute atomic E-state index is 12.8. The standard InChI is InChI=1S/C25H23N5O5/c1-2-35-24(33)18-8-11-20(12-9-18)27-22(31)16-30-25(34)29-15-19(10-13-21(29)28-30)23(32)26-14-17-6-4-3-5-7-17/h3-13,15H,2,14,16H2,1H3,(H,26,32)(H,27,31). The number of anilines is 1. The van der Waals surface area contributed by atoms with Crippen LogP contribution in [0.2, 0.25) is 0 Å². The van der Waals surface area contributed by atoms with Gasteiger partial charge in [-0.1, -0.05) is 30.3 Å². The van der Waals surface area contributed by atoms with Gasteiger partial charge in [-0.25, -0.2) is 18.7 Å². The first-order valence-electron chi connectivity index (χ1n) is 10.9. The second-order valence-electron chi connectivity index (χ2n) is 7.60. The van der Waals surface area contributed by atoms with Crippen molar-refractivity contribution in [1.82, 2.24) is 19.5 Å². The minimum Gasteiger partial charge on any atom is -0.462 e. The van der Waals surface area contributed by atoms with Crippen molar-refractivity contribution < 1.29 is 19.1 Å². The summed E-state index contributed by atoms with van der Waals surface area (Å²) < 4.78 is 7.17. The van der Waals surface area contributed by atoms with Gasteiger partial charge in [-0.15, -0.1) is 5.10 Å². The number of ether oxygens (including phenoxy) is 1. The minimum atomic E-state index is -0.550. The van der Waals surface area contributed by atoms with Crippen LogP contribution in [0, 0.1) is 0 Å². The summed E-state index contributed by atoms with van der Waals surface area (Å²) >= 11 is 0. The van der Waals surface area contributed by atoms with Gasteiger partial charge in [-0.05, 0) is 48.9 Å². The monoisotopic (exact) mass is 473 g/mol. The Morgan fingerprint density at radius 1 is 0.943 bits per heavy atom. The molecule has 10 heteroatoms. The Morgan fingerprint density at radius 2 is 1.66 bits per heavy atom. The zero-order valence-corrected chi connectivity index (χ0v) is 18.9. The maximum Gasteiger partial charge on any atom is 0.350 e. The molecule has 0 spiro atoms. The van der Waals surface area contributed by atoms with Gasteiger partial charge < -0.3 is 15.4 Å². The SMILES string of the molecule is CCOC(=O)c1ccc(NC(=O)Cn2nc3ccc(C(=O)NCc4ccccc4)cn3c2=O)cc1. The Bertz CT molecular complexity index is 1420. The first-order chi connectivity index (χ1) is 16.9. The molecule has 0 aliphatic rings. The van der Waals surface area contributed by atoms with Crippen molar-refractivity contribution in [1.29, 1.82) is 0 Å². The van der Waals surface area contributed by atoms with E-state index in [1.54, 1.807) is 31.2 Å². The van der Waals surface area contributed by atoms with Crippen molar-refractivity contribution in [2.24, 2.45) is 0 Å². The summed E-state index contributed by atoms with van der Waals surface area (Å²) in [6.07, 6.45) is 1.40. The molecule has 178 valence electrons. The van der Waals surface area contributed by atoms with E-state index in [4.69, 9.17) is 4.74 Å². The third-order valence-corrected chi connectivity index (χ3v) is 5.11. The van der Waals surface area contributed by atoms with Gasteiger partial charge in [0.15, 0.2) is 5.65 Å². The lowest BCUT2D eigenvalue weighted by Crippen LogP contribution is -2.28. The van der Waals surface area contributed by atoms with Gasteiger partial charge in [0.05, 0.1) is 17.7 Å². The lowest BCUT2D eigenvalue weighted by molar-refractivity contribution is -0.117. The average molecular weight is 473 g/mol. The smallest absolute Gasteiger partial charge is 0.350 e. The molecule has 35 heavy (non-hydrogen) atoms. The average Bonchev–Trinajstić information content (AvgIpc) is 3.18. The number of nitrogens with one attached hydrogen (secondary N) is 2. The first-order valence-corrected chi connectivity index (χ1v) is 10.9. The molecule has 0 aliphatic heterocycles. The maximum atomic E-state index is 12.8. The summed E-state index contributed by atoms with van der Waals surface area (Å²) in [7, 11) is 0. The van der Waals surface area contributed by atoms with Crippen molar-refractivity contribution in [3.8, 4) is 0 Å². The quantitative estimate of drug-likeness (QED) is 0.378. The summed E-state index contributed by atoms with van der Waals surface area (Å²) in [5.74, 6) is -1.26. The fourth-order valence-electron chi connectivity index (χ4n) is 3.38. The number of amides is 2. The molecule has 0 unspecified atom stereocenters. The molecular formula is C25H23N5O5. The number of hydrogen-bond acceptors (Lipinski definition) is 6. The van der Waals surface area contributed by atoms with E-state index in [1.807, 2.05) is 30.3 Å². The molecule has 0 atom stereocenters. The molecule has 2 heterocycles. The molecule has 0 saturated heterocycles. The zero-order valence-electron chi connectivity index (χ0n) is 18.9. The van der Waals surface area contributed by atoms with Crippen molar-refractivity contribution in [3.63, 3.8) is 0 Å². The van der Waals surface area contributed by atoms with Crippen LogP contribution in [0.4, 0.5) is 5.69 Å². The molecule has 0 fully saturated rings. The molecule has 0 radical (unpaired) electrons. The van der Waals surface area contributed by atoms with Gasteiger partial charge in [-0.3, -0.25) is 9.59 Å². The Balaban J connectivity index is 1.42. The topological polar surface area (TPSA) is 124 Å². The van der Waals surface area contributed by atoms with E-state index in [0.29, 0.717) is 29.0 Å². The van der Waals surface area contributed by atoms with E-state index in [1.165, 1.54) is 22.7 Å². The van der Waals surface area contributed by atoms with E-state index in [2.05, 4.69) is 15.7 Å². The summed E-state index contributed by atoms with van der Waals surface area (Å²) in [6, 6.07) is 18.8. The molecule has 2 aromatic heterocycles. The van der Waals surface area contributed by atoms with E-state index in [9.17, 15) is 19.2 Å². The highest BCUT2D eigenvalue weighted by molar-refractivity contribution is 5.94. The van der Waals surface area contributed by atoms with Crippen LogP contribution in [-0.4, -0.2) is 38.6 Å². The molecule has 2 amide bonds. The summed E-state index contributed by atoms with van der Waals surface area (Å²) in [6.45, 7) is 2.02. The van der Waals surface area contributed by atoms with Crippen LogP contribution in [-0.2, 0) is 22.6 Å². The highest BCUT2D eigenvalue weighted by Gasteiger charge is 2.14. The van der Waals surface area contributed by atoms with Gasteiger partial charge in [0, 0.05) is 18.4 Å². The lowest BCUT2D eigenvalue weighted by Gasteiger charge is -2.06. The molecule has 0 saturated carbocycles. The molecule has 0 bridgehead atoms. The van der Waals surface area contributed by atoms with E-state index < -0.39 is 17.6 Å². The second kappa shape index (κ2) is 10.5. The number of pyridine rings is 1. The van der Waals surface area contributed by atoms with Crippen LogP contribution in [0.15, 0.2) is 77.7 Å². The fourth-order valence-corrected chi connectivity index (χ4v) is 3.38. The number of nitrogens with zero attached hydrogens (tertiary/aromatic N) is 3. The molecule has 4 rings (SSSR count). The molecule has 0 aliphatic carbocycles. The van der Waals surface area contributed by atoms with E-state index in [0.717, 1.165) is 10.2 Å². The van der Waals surface area contributed by atoms with Crippen molar-refractivity contribution in [2.75, 3.05) is 11.9 Å². The van der Waals surface area contributed by atoms with Gasteiger partial charge >= 0.3 is 11.7 Å². The van der Waals surface area contributed by atoms with E-state index >= 15 is 0 Å². The largest absolute Gasteiger partial charge is 0.462 e. The number of esters is 1. The van der Waals surface area contributed by atoms with Crippen LogP contribution in [0.5, 0.6) is 0 Å². The van der Waals surface area contributed by atoms with Crippen LogP contribution >= 0.6 is 0 Å². The third-order valence-electron chi connectivity index (χ3n) is 5.11. The fraction of sp³-hybridized carbons (Fsp3) is 0.160. The van der Waals surface area contributed by atoms with Gasteiger partial charge in [0.2, 0.25) is 5.91 Å². The van der Waals surface area contributed by atoms with Crippen molar-refractivity contribution in [3.05, 3.63) is 100 Å². The van der Waals surface area contributed by atoms with Crippen LogP contribution in [0.25, 0.3) is 5.65 Å².